The lowest BCUT2D eigenvalue weighted by Gasteiger charge is -2.19. The van der Waals surface area contributed by atoms with Gasteiger partial charge < -0.3 is 0 Å². The number of Topliss-reactive ketones (excluding diaryl/α,β-unsaturated/α-hetero) is 1. The normalized spacial score (nSPS) is 13.4. The van der Waals surface area contributed by atoms with Gasteiger partial charge in [-0.1, -0.05) is 65.3 Å². The van der Waals surface area contributed by atoms with Crippen molar-refractivity contribution < 1.29 is 4.79 Å². The third kappa shape index (κ3) is 4.64. The summed E-state index contributed by atoms with van der Waals surface area (Å²) >= 11 is 0. The molecule has 100 valence electrons. The van der Waals surface area contributed by atoms with Crippen LogP contribution in [-0.4, -0.2) is 5.78 Å². The van der Waals surface area contributed by atoms with E-state index in [-0.39, 0.29) is 5.41 Å². The van der Waals surface area contributed by atoms with Gasteiger partial charge in [-0.25, -0.2) is 0 Å². The SMILES string of the molecule is CCC(C)CC(=O)Cc1ccc(C(C)(C)C)cc1. The van der Waals surface area contributed by atoms with Crippen LogP contribution in [0.2, 0.25) is 0 Å². The van der Waals surface area contributed by atoms with Gasteiger partial charge in [-0.05, 0) is 22.5 Å². The fourth-order valence-electron chi connectivity index (χ4n) is 1.96. The van der Waals surface area contributed by atoms with E-state index in [0.717, 1.165) is 12.0 Å². The lowest BCUT2D eigenvalue weighted by molar-refractivity contribution is -0.119. The molecule has 0 aliphatic heterocycles. The van der Waals surface area contributed by atoms with Crippen LogP contribution in [0.15, 0.2) is 24.3 Å². The third-order valence-electron chi connectivity index (χ3n) is 3.49. The molecule has 0 bridgehead atoms. The molecule has 0 aliphatic rings. The van der Waals surface area contributed by atoms with Gasteiger partial charge in [-0.15, -0.1) is 0 Å². The Morgan fingerprint density at radius 2 is 1.72 bits per heavy atom. The Kier molecular flexibility index (Phi) is 5.13. The monoisotopic (exact) mass is 246 g/mol. The minimum absolute atomic E-state index is 0.180. The average Bonchev–Trinajstić information content (AvgIpc) is 2.28. The van der Waals surface area contributed by atoms with Gasteiger partial charge in [0.25, 0.3) is 0 Å². The van der Waals surface area contributed by atoms with Crippen molar-refractivity contribution in [2.45, 2.75) is 59.3 Å². The molecule has 0 N–H and O–H groups in total. The Hall–Kier alpha value is -1.11. The lowest BCUT2D eigenvalue weighted by atomic mass is 9.86. The Morgan fingerprint density at radius 3 is 2.17 bits per heavy atom. The van der Waals surface area contributed by atoms with Gasteiger partial charge in [0.2, 0.25) is 0 Å². The largest absolute Gasteiger partial charge is 0.299 e. The van der Waals surface area contributed by atoms with E-state index >= 15 is 0 Å². The topological polar surface area (TPSA) is 17.1 Å². The molecule has 1 aromatic carbocycles. The minimum Gasteiger partial charge on any atom is -0.299 e. The Labute approximate surface area is 112 Å². The second-order valence-electron chi connectivity index (χ2n) is 6.38. The van der Waals surface area contributed by atoms with Gasteiger partial charge in [0.1, 0.15) is 5.78 Å². The molecule has 1 aromatic rings. The highest BCUT2D eigenvalue weighted by Crippen LogP contribution is 2.22. The Bertz CT molecular complexity index is 381. The van der Waals surface area contributed by atoms with Crippen molar-refractivity contribution in [3.63, 3.8) is 0 Å². The molecule has 1 rings (SSSR count). The Balaban J connectivity index is 2.61. The van der Waals surface area contributed by atoms with Crippen molar-refractivity contribution in [2.75, 3.05) is 0 Å². The maximum absolute atomic E-state index is 11.9. The first-order valence-electron chi connectivity index (χ1n) is 6.94. The van der Waals surface area contributed by atoms with Gasteiger partial charge in [0.15, 0.2) is 0 Å². The summed E-state index contributed by atoms with van der Waals surface area (Å²) in [5.74, 6) is 0.860. The van der Waals surface area contributed by atoms with Crippen LogP contribution in [0, 0.1) is 5.92 Å². The highest BCUT2D eigenvalue weighted by Gasteiger charge is 2.13. The quantitative estimate of drug-likeness (QED) is 0.746. The highest BCUT2D eigenvalue weighted by atomic mass is 16.1. The molecule has 0 aromatic heterocycles. The zero-order valence-electron chi connectivity index (χ0n) is 12.4. The number of hydrogen-bond donors (Lipinski definition) is 0. The lowest BCUT2D eigenvalue weighted by Crippen LogP contribution is -2.11. The number of carbonyl (C=O) groups excluding carboxylic acids is 1. The molecule has 1 atom stereocenters. The van der Waals surface area contributed by atoms with Crippen molar-refractivity contribution >= 4 is 5.78 Å². The van der Waals surface area contributed by atoms with Gasteiger partial charge in [0.05, 0.1) is 0 Å². The molecular formula is C17H26O. The Morgan fingerprint density at radius 1 is 1.17 bits per heavy atom. The molecule has 0 saturated carbocycles. The minimum atomic E-state index is 0.180. The van der Waals surface area contributed by atoms with E-state index in [0.29, 0.717) is 24.5 Å². The standard InChI is InChI=1S/C17H26O/c1-6-13(2)11-16(18)12-14-7-9-15(10-8-14)17(3,4)5/h7-10,13H,6,11-12H2,1-5H3. The zero-order chi connectivity index (χ0) is 13.8. The first kappa shape index (κ1) is 14.9. The summed E-state index contributed by atoms with van der Waals surface area (Å²) in [6.07, 6.45) is 2.36. The van der Waals surface area contributed by atoms with Crippen molar-refractivity contribution in [3.8, 4) is 0 Å². The summed E-state index contributed by atoms with van der Waals surface area (Å²) in [5, 5.41) is 0. The van der Waals surface area contributed by atoms with Crippen LogP contribution in [-0.2, 0) is 16.6 Å². The zero-order valence-corrected chi connectivity index (χ0v) is 12.4. The number of hydrogen-bond acceptors (Lipinski definition) is 1. The maximum Gasteiger partial charge on any atom is 0.137 e. The molecular weight excluding hydrogens is 220 g/mol. The number of benzene rings is 1. The van der Waals surface area contributed by atoms with Gasteiger partial charge in [-0.2, -0.15) is 0 Å². The van der Waals surface area contributed by atoms with Crippen molar-refractivity contribution in [1.82, 2.24) is 0 Å². The maximum atomic E-state index is 11.9. The van der Waals surface area contributed by atoms with E-state index in [1.54, 1.807) is 0 Å². The van der Waals surface area contributed by atoms with Crippen LogP contribution in [0.5, 0.6) is 0 Å². The summed E-state index contributed by atoms with van der Waals surface area (Å²) < 4.78 is 0. The van der Waals surface area contributed by atoms with Crippen LogP contribution in [0.4, 0.5) is 0 Å². The number of carbonyl (C=O) groups is 1. The van der Waals surface area contributed by atoms with Gasteiger partial charge >= 0.3 is 0 Å². The number of rotatable bonds is 5. The average molecular weight is 246 g/mol. The van der Waals surface area contributed by atoms with Crippen LogP contribution >= 0.6 is 0 Å². The molecule has 0 saturated heterocycles. The summed E-state index contributed by atoms with van der Waals surface area (Å²) in [6.45, 7) is 10.9. The molecule has 1 unspecified atom stereocenters. The van der Waals surface area contributed by atoms with E-state index in [9.17, 15) is 4.79 Å². The summed E-state index contributed by atoms with van der Waals surface area (Å²) in [4.78, 5) is 11.9. The van der Waals surface area contributed by atoms with E-state index in [4.69, 9.17) is 0 Å². The van der Waals surface area contributed by atoms with E-state index in [1.807, 2.05) is 0 Å². The first-order valence-corrected chi connectivity index (χ1v) is 6.94. The summed E-state index contributed by atoms with van der Waals surface area (Å²) in [7, 11) is 0. The predicted molar refractivity (Wildman–Crippen MR) is 77.9 cm³/mol. The summed E-state index contributed by atoms with van der Waals surface area (Å²) in [6, 6.07) is 8.47. The number of ketones is 1. The smallest absolute Gasteiger partial charge is 0.137 e. The fraction of sp³-hybridized carbons (Fsp3) is 0.588. The molecule has 1 heteroatoms. The fourth-order valence-corrected chi connectivity index (χ4v) is 1.96. The van der Waals surface area contributed by atoms with E-state index in [2.05, 4.69) is 58.9 Å². The van der Waals surface area contributed by atoms with Crippen LogP contribution in [0.3, 0.4) is 0 Å². The molecule has 0 amide bonds. The highest BCUT2D eigenvalue weighted by molar-refractivity contribution is 5.81. The second kappa shape index (κ2) is 6.17. The van der Waals surface area contributed by atoms with Crippen LogP contribution in [0.1, 0.15) is 58.6 Å². The molecule has 0 radical (unpaired) electrons. The molecule has 0 spiro atoms. The van der Waals surface area contributed by atoms with Gasteiger partial charge in [-0.3, -0.25) is 4.79 Å². The predicted octanol–water partition coefficient (Wildman–Crippen LogP) is 4.53. The molecule has 18 heavy (non-hydrogen) atoms. The molecule has 0 heterocycles. The summed E-state index contributed by atoms with van der Waals surface area (Å²) in [5.41, 5.74) is 2.64. The van der Waals surface area contributed by atoms with E-state index < -0.39 is 0 Å². The first-order chi connectivity index (χ1) is 8.32. The molecule has 0 fully saturated rings. The van der Waals surface area contributed by atoms with Crippen molar-refractivity contribution in [3.05, 3.63) is 35.4 Å². The van der Waals surface area contributed by atoms with Gasteiger partial charge in [0, 0.05) is 12.8 Å². The second-order valence-corrected chi connectivity index (χ2v) is 6.38. The molecule has 0 aliphatic carbocycles. The van der Waals surface area contributed by atoms with E-state index in [1.165, 1.54) is 5.56 Å². The molecule has 1 nitrogen and oxygen atoms in total. The van der Waals surface area contributed by atoms with Crippen molar-refractivity contribution in [2.24, 2.45) is 5.92 Å². The third-order valence-corrected chi connectivity index (χ3v) is 3.49. The van der Waals surface area contributed by atoms with Crippen LogP contribution < -0.4 is 0 Å². The van der Waals surface area contributed by atoms with Crippen molar-refractivity contribution in [1.29, 1.82) is 0 Å². The van der Waals surface area contributed by atoms with Crippen LogP contribution in [0.25, 0.3) is 0 Å².